The summed E-state index contributed by atoms with van der Waals surface area (Å²) in [6.07, 6.45) is -0.428. The Hall–Kier alpha value is -1.46. The van der Waals surface area contributed by atoms with E-state index in [1.165, 1.54) is 0 Å². The van der Waals surface area contributed by atoms with Crippen molar-refractivity contribution in [2.75, 3.05) is 0 Å². The van der Waals surface area contributed by atoms with Gasteiger partial charge in [0.15, 0.2) is 0 Å². The quantitative estimate of drug-likeness (QED) is 0.256. The SMILES string of the molecule is N=NNC(=O)CC(N)=O. The third-order valence-electron chi connectivity index (χ3n) is 0.515. The highest BCUT2D eigenvalue weighted by Crippen LogP contribution is 1.74. The van der Waals surface area contributed by atoms with Crippen molar-refractivity contribution in [1.82, 2.24) is 5.43 Å². The first-order valence-corrected chi connectivity index (χ1v) is 2.10. The monoisotopic (exact) mass is 130 g/mol. The van der Waals surface area contributed by atoms with Crippen molar-refractivity contribution >= 4 is 11.8 Å². The maximum atomic E-state index is 10.2. The average Bonchev–Trinajstić information content (AvgIpc) is 1.63. The lowest BCUT2D eigenvalue weighted by Gasteiger charge is -1.90. The Morgan fingerprint density at radius 2 is 2.22 bits per heavy atom. The molecule has 0 aliphatic rings. The Bertz CT molecular complexity index is 143. The number of amides is 2. The molecular formula is C3H6N4O2. The number of carbonyl (C=O) groups excluding carboxylic acids is 2. The van der Waals surface area contributed by atoms with Crippen molar-refractivity contribution in [3.63, 3.8) is 0 Å². The van der Waals surface area contributed by atoms with E-state index in [1.807, 2.05) is 0 Å². The van der Waals surface area contributed by atoms with E-state index < -0.39 is 18.2 Å². The van der Waals surface area contributed by atoms with Crippen molar-refractivity contribution in [2.45, 2.75) is 6.42 Å². The van der Waals surface area contributed by atoms with Gasteiger partial charge in [0.25, 0.3) is 5.91 Å². The van der Waals surface area contributed by atoms with Crippen molar-refractivity contribution in [3.8, 4) is 0 Å². The van der Waals surface area contributed by atoms with Crippen LogP contribution < -0.4 is 11.2 Å². The fraction of sp³-hybridized carbons (Fsp3) is 0.333. The summed E-state index contributed by atoms with van der Waals surface area (Å²) in [5.74, 6) is -1.41. The highest BCUT2D eigenvalue weighted by Gasteiger charge is 2.02. The molecule has 0 aliphatic carbocycles. The third kappa shape index (κ3) is 4.39. The number of nitrogens with zero attached hydrogens (tertiary/aromatic N) is 1. The molecule has 0 aromatic rings. The van der Waals surface area contributed by atoms with Crippen LogP contribution in [0.4, 0.5) is 0 Å². The van der Waals surface area contributed by atoms with E-state index in [0.717, 1.165) is 0 Å². The number of carbonyl (C=O) groups is 2. The van der Waals surface area contributed by atoms with Crippen molar-refractivity contribution < 1.29 is 9.59 Å². The van der Waals surface area contributed by atoms with Gasteiger partial charge in [0.1, 0.15) is 6.42 Å². The minimum Gasteiger partial charge on any atom is -0.369 e. The zero-order chi connectivity index (χ0) is 7.28. The molecule has 6 heteroatoms. The standard InChI is InChI=1S/C3H6N4O2/c4-2(8)1-3(9)6-7-5/h1H2,(H2,4,8)(H2,5,6,9). The molecule has 2 amide bonds. The van der Waals surface area contributed by atoms with Gasteiger partial charge in [-0.2, -0.15) is 5.53 Å². The summed E-state index contributed by atoms with van der Waals surface area (Å²) < 4.78 is 0. The zero-order valence-electron chi connectivity index (χ0n) is 4.55. The molecule has 0 atom stereocenters. The van der Waals surface area contributed by atoms with E-state index in [-0.39, 0.29) is 0 Å². The first kappa shape index (κ1) is 7.54. The van der Waals surface area contributed by atoms with Gasteiger partial charge < -0.3 is 5.73 Å². The van der Waals surface area contributed by atoms with Gasteiger partial charge in [0, 0.05) is 0 Å². The molecule has 0 heterocycles. The number of rotatable bonds is 3. The van der Waals surface area contributed by atoms with Gasteiger partial charge in [-0.15, -0.1) is 0 Å². The predicted molar refractivity (Wildman–Crippen MR) is 27.1 cm³/mol. The van der Waals surface area contributed by atoms with Crippen molar-refractivity contribution in [2.24, 2.45) is 11.0 Å². The fourth-order valence-electron chi connectivity index (χ4n) is 0.260. The first-order chi connectivity index (χ1) is 4.16. The lowest BCUT2D eigenvalue weighted by atomic mass is 10.4. The predicted octanol–water partition coefficient (Wildman–Crippen LogP) is -1.08. The van der Waals surface area contributed by atoms with E-state index in [2.05, 4.69) is 11.0 Å². The Morgan fingerprint density at radius 3 is 2.56 bits per heavy atom. The van der Waals surface area contributed by atoms with Gasteiger partial charge in [-0.25, -0.2) is 5.43 Å². The minimum atomic E-state index is -0.740. The molecule has 0 rings (SSSR count). The number of primary amides is 1. The molecule has 0 aliphatic heterocycles. The van der Waals surface area contributed by atoms with Crippen LogP contribution >= 0.6 is 0 Å². The van der Waals surface area contributed by atoms with Crippen molar-refractivity contribution in [1.29, 1.82) is 5.53 Å². The van der Waals surface area contributed by atoms with Gasteiger partial charge in [-0.3, -0.25) is 9.59 Å². The molecule has 0 aromatic carbocycles. The van der Waals surface area contributed by atoms with E-state index in [1.54, 1.807) is 5.43 Å². The van der Waals surface area contributed by atoms with E-state index in [0.29, 0.717) is 0 Å². The molecule has 0 saturated carbocycles. The second-order valence-electron chi connectivity index (χ2n) is 1.29. The van der Waals surface area contributed by atoms with E-state index in [9.17, 15) is 9.59 Å². The lowest BCUT2D eigenvalue weighted by Crippen LogP contribution is -2.24. The van der Waals surface area contributed by atoms with Crippen LogP contribution in [0.5, 0.6) is 0 Å². The normalized spacial score (nSPS) is 8.00. The van der Waals surface area contributed by atoms with E-state index in [4.69, 9.17) is 5.53 Å². The Labute approximate surface area is 50.9 Å². The summed E-state index contributed by atoms with van der Waals surface area (Å²) in [7, 11) is 0. The zero-order valence-corrected chi connectivity index (χ0v) is 4.55. The second kappa shape index (κ2) is 3.53. The van der Waals surface area contributed by atoms with Crippen LogP contribution in [0.25, 0.3) is 0 Å². The van der Waals surface area contributed by atoms with Crippen LogP contribution in [0.1, 0.15) is 6.42 Å². The van der Waals surface area contributed by atoms with Gasteiger partial charge >= 0.3 is 0 Å². The first-order valence-electron chi connectivity index (χ1n) is 2.10. The highest BCUT2D eigenvalue weighted by atomic mass is 16.2. The molecule has 9 heavy (non-hydrogen) atoms. The van der Waals surface area contributed by atoms with Crippen molar-refractivity contribution in [3.05, 3.63) is 0 Å². The summed E-state index contributed by atoms with van der Waals surface area (Å²) in [4.78, 5) is 20.2. The number of nitrogens with one attached hydrogen (secondary N) is 2. The molecule has 0 radical (unpaired) electrons. The molecule has 50 valence electrons. The van der Waals surface area contributed by atoms with Crippen LogP contribution in [0.3, 0.4) is 0 Å². The molecular weight excluding hydrogens is 124 g/mol. The Kier molecular flexibility index (Phi) is 2.96. The molecule has 4 N–H and O–H groups in total. The van der Waals surface area contributed by atoms with Crippen LogP contribution in [0.2, 0.25) is 0 Å². The molecule has 0 bridgehead atoms. The van der Waals surface area contributed by atoms with E-state index >= 15 is 0 Å². The molecule has 0 spiro atoms. The largest absolute Gasteiger partial charge is 0.369 e. The van der Waals surface area contributed by atoms with Crippen LogP contribution in [0, 0.1) is 5.53 Å². The fourth-order valence-corrected chi connectivity index (χ4v) is 0.260. The van der Waals surface area contributed by atoms with Gasteiger partial charge in [-0.1, -0.05) is 5.22 Å². The lowest BCUT2D eigenvalue weighted by molar-refractivity contribution is -0.127. The molecule has 6 nitrogen and oxygen atoms in total. The molecule has 0 aromatic heterocycles. The molecule has 0 unspecified atom stereocenters. The van der Waals surface area contributed by atoms with Gasteiger partial charge in [-0.05, 0) is 0 Å². The third-order valence-corrected chi connectivity index (χ3v) is 0.515. The summed E-state index contributed by atoms with van der Waals surface area (Å²) in [6, 6.07) is 0. The summed E-state index contributed by atoms with van der Waals surface area (Å²) in [6.45, 7) is 0. The number of hydrogen-bond acceptors (Lipinski definition) is 4. The Morgan fingerprint density at radius 1 is 1.67 bits per heavy atom. The van der Waals surface area contributed by atoms with Crippen LogP contribution in [-0.4, -0.2) is 11.8 Å². The van der Waals surface area contributed by atoms with Gasteiger partial charge in [0.05, 0.1) is 0 Å². The topological polar surface area (TPSA) is 108 Å². The van der Waals surface area contributed by atoms with Crippen LogP contribution in [-0.2, 0) is 9.59 Å². The smallest absolute Gasteiger partial charge is 0.250 e. The maximum absolute atomic E-state index is 10.2. The summed E-state index contributed by atoms with van der Waals surface area (Å²) in [5, 5.41) is 2.53. The Balaban J connectivity index is 3.50. The summed E-state index contributed by atoms with van der Waals surface area (Å²) in [5.41, 5.74) is 12.5. The molecule has 0 fully saturated rings. The second-order valence-corrected chi connectivity index (χ2v) is 1.29. The highest BCUT2D eigenvalue weighted by molar-refractivity contribution is 5.95. The number of hydrogen-bond donors (Lipinski definition) is 3. The number of nitrogens with two attached hydrogens (primary N) is 1. The van der Waals surface area contributed by atoms with Crippen LogP contribution in [0.15, 0.2) is 5.22 Å². The van der Waals surface area contributed by atoms with Gasteiger partial charge in [0.2, 0.25) is 5.91 Å². The molecule has 0 saturated heterocycles. The average molecular weight is 130 g/mol. The summed E-state index contributed by atoms with van der Waals surface area (Å²) >= 11 is 0. The minimum absolute atomic E-state index is 0.428. The maximum Gasteiger partial charge on any atom is 0.250 e.